The number of halogens is 3. The van der Waals surface area contributed by atoms with E-state index in [0.717, 1.165) is 23.9 Å². The fourth-order valence-corrected chi connectivity index (χ4v) is 3.52. The van der Waals surface area contributed by atoms with E-state index in [9.17, 15) is 33.4 Å². The Balaban J connectivity index is 1.70. The molecule has 10 nitrogen and oxygen atoms in total. The van der Waals surface area contributed by atoms with Gasteiger partial charge in [-0.3, -0.25) is 25.2 Å². The maximum absolute atomic E-state index is 12.9. The second-order valence-corrected chi connectivity index (χ2v) is 8.08. The molecule has 1 aromatic heterocycles. The first-order valence-corrected chi connectivity index (χ1v) is 11.0. The van der Waals surface area contributed by atoms with Crippen LogP contribution in [0.4, 0.5) is 58.7 Å². The number of benzene rings is 3. The first-order chi connectivity index (χ1) is 18.0. The second-order valence-electron chi connectivity index (χ2n) is 8.08. The molecule has 0 spiro atoms. The van der Waals surface area contributed by atoms with Crippen LogP contribution in [-0.2, 0) is 6.18 Å². The zero-order valence-electron chi connectivity index (χ0n) is 19.6. The summed E-state index contributed by atoms with van der Waals surface area (Å²) in [6, 6.07) is 16.3. The third-order valence-electron chi connectivity index (χ3n) is 5.39. The number of pyridine rings is 1. The van der Waals surface area contributed by atoms with E-state index < -0.39 is 33.0 Å². The maximum Gasteiger partial charge on any atom is 0.416 e. The molecule has 3 aromatic carbocycles. The second kappa shape index (κ2) is 10.4. The molecule has 194 valence electrons. The molecule has 0 aliphatic heterocycles. The first kappa shape index (κ1) is 25.9. The molecule has 4 aromatic rings. The van der Waals surface area contributed by atoms with Crippen molar-refractivity contribution in [3.05, 3.63) is 110 Å². The Morgan fingerprint density at radius 2 is 1.24 bits per heavy atom. The molecule has 38 heavy (non-hydrogen) atoms. The molecule has 1 heterocycles. The number of hydrogen-bond donors (Lipinski definition) is 3. The van der Waals surface area contributed by atoms with Gasteiger partial charge in [-0.1, -0.05) is 12.1 Å². The maximum atomic E-state index is 12.9. The van der Waals surface area contributed by atoms with Crippen molar-refractivity contribution in [2.24, 2.45) is 0 Å². The summed E-state index contributed by atoms with van der Waals surface area (Å²) < 4.78 is 38.7. The molecule has 0 bridgehead atoms. The summed E-state index contributed by atoms with van der Waals surface area (Å²) in [6.45, 7) is 1.77. The van der Waals surface area contributed by atoms with E-state index in [2.05, 4.69) is 20.9 Å². The average molecular weight is 524 g/mol. The van der Waals surface area contributed by atoms with Crippen molar-refractivity contribution < 1.29 is 23.0 Å². The quantitative estimate of drug-likeness (QED) is 0.160. The number of rotatable bonds is 8. The number of hydrogen-bond acceptors (Lipinski definition) is 8. The Morgan fingerprint density at radius 3 is 1.76 bits per heavy atom. The number of nitrogens with zero attached hydrogens (tertiary/aromatic N) is 3. The number of aromatic nitrogens is 1. The summed E-state index contributed by atoms with van der Waals surface area (Å²) in [5.74, 6) is 0. The molecule has 4 rings (SSSR count). The predicted octanol–water partition coefficient (Wildman–Crippen LogP) is 7.46. The molecule has 0 atom stereocenters. The van der Waals surface area contributed by atoms with Gasteiger partial charge in [-0.2, -0.15) is 13.2 Å². The van der Waals surface area contributed by atoms with Crippen molar-refractivity contribution in [1.29, 1.82) is 0 Å². The van der Waals surface area contributed by atoms with Gasteiger partial charge in [-0.15, -0.1) is 0 Å². The SMILES string of the molecule is Cc1ccc(Nc2cc(Nc3ccccc3Nc3ccc(C(F)(F)F)cc3)c([N+](=O)[O-])cc2[N+](=O)[O-])cn1. The van der Waals surface area contributed by atoms with Gasteiger partial charge in [-0.05, 0) is 61.5 Å². The van der Waals surface area contributed by atoms with Crippen LogP contribution in [0.25, 0.3) is 0 Å². The van der Waals surface area contributed by atoms with Crippen LogP contribution in [0.15, 0.2) is 79.0 Å². The number of alkyl halides is 3. The molecule has 0 amide bonds. The zero-order valence-corrected chi connectivity index (χ0v) is 19.6. The van der Waals surface area contributed by atoms with Gasteiger partial charge in [0.25, 0.3) is 11.4 Å². The van der Waals surface area contributed by atoms with E-state index in [1.165, 1.54) is 24.4 Å². The molecule has 0 saturated heterocycles. The number of para-hydroxylation sites is 2. The van der Waals surface area contributed by atoms with Crippen LogP contribution in [0.2, 0.25) is 0 Å². The molecule has 0 fully saturated rings. The smallest absolute Gasteiger partial charge is 0.354 e. The van der Waals surface area contributed by atoms with Crippen LogP contribution in [0.3, 0.4) is 0 Å². The number of nitro benzene ring substituents is 2. The third kappa shape index (κ3) is 5.95. The van der Waals surface area contributed by atoms with Crippen LogP contribution < -0.4 is 16.0 Å². The highest BCUT2D eigenvalue weighted by molar-refractivity contribution is 5.85. The summed E-state index contributed by atoms with van der Waals surface area (Å²) in [4.78, 5) is 26.1. The van der Waals surface area contributed by atoms with E-state index in [0.29, 0.717) is 22.7 Å². The number of nitrogens with one attached hydrogen (secondary N) is 3. The summed E-state index contributed by atoms with van der Waals surface area (Å²) in [6.07, 6.45) is -3.01. The largest absolute Gasteiger partial charge is 0.416 e. The minimum Gasteiger partial charge on any atom is -0.354 e. The van der Waals surface area contributed by atoms with E-state index in [1.807, 2.05) is 0 Å². The molecular formula is C25H19F3N6O4. The van der Waals surface area contributed by atoms with Crippen LogP contribution in [0.1, 0.15) is 11.3 Å². The lowest BCUT2D eigenvalue weighted by Crippen LogP contribution is -2.05. The van der Waals surface area contributed by atoms with E-state index in [1.54, 1.807) is 43.3 Å². The van der Waals surface area contributed by atoms with Crippen molar-refractivity contribution in [3.8, 4) is 0 Å². The normalized spacial score (nSPS) is 11.1. The number of aryl methyl sites for hydroxylation is 1. The molecular weight excluding hydrogens is 505 g/mol. The van der Waals surface area contributed by atoms with Crippen molar-refractivity contribution in [2.75, 3.05) is 16.0 Å². The summed E-state index contributed by atoms with van der Waals surface area (Å²) in [5.41, 5.74) is 0.319. The van der Waals surface area contributed by atoms with Gasteiger partial charge in [0.05, 0.1) is 44.7 Å². The molecule has 0 aliphatic carbocycles. The topological polar surface area (TPSA) is 135 Å². The van der Waals surface area contributed by atoms with Crippen molar-refractivity contribution in [2.45, 2.75) is 13.1 Å². The highest BCUT2D eigenvalue weighted by atomic mass is 19.4. The number of anilines is 6. The van der Waals surface area contributed by atoms with E-state index >= 15 is 0 Å². The van der Waals surface area contributed by atoms with Crippen molar-refractivity contribution >= 4 is 45.5 Å². The lowest BCUT2D eigenvalue weighted by molar-refractivity contribution is -0.393. The Bertz CT molecular complexity index is 1490. The van der Waals surface area contributed by atoms with Gasteiger partial charge in [0.15, 0.2) is 0 Å². The third-order valence-corrected chi connectivity index (χ3v) is 5.39. The predicted molar refractivity (Wildman–Crippen MR) is 136 cm³/mol. The lowest BCUT2D eigenvalue weighted by Gasteiger charge is -2.16. The highest BCUT2D eigenvalue weighted by Gasteiger charge is 2.30. The van der Waals surface area contributed by atoms with Gasteiger partial charge in [-0.25, -0.2) is 0 Å². The van der Waals surface area contributed by atoms with Crippen molar-refractivity contribution in [1.82, 2.24) is 4.98 Å². The molecule has 0 saturated carbocycles. The summed E-state index contributed by atoms with van der Waals surface area (Å²) >= 11 is 0. The lowest BCUT2D eigenvalue weighted by atomic mass is 10.1. The van der Waals surface area contributed by atoms with Gasteiger partial charge >= 0.3 is 6.18 Å². The van der Waals surface area contributed by atoms with E-state index in [4.69, 9.17) is 0 Å². The molecule has 0 unspecified atom stereocenters. The van der Waals surface area contributed by atoms with Crippen LogP contribution >= 0.6 is 0 Å². The van der Waals surface area contributed by atoms with Crippen LogP contribution in [0.5, 0.6) is 0 Å². The fourth-order valence-electron chi connectivity index (χ4n) is 3.52. The fraction of sp³-hybridized carbons (Fsp3) is 0.0800. The van der Waals surface area contributed by atoms with Crippen LogP contribution in [-0.4, -0.2) is 14.8 Å². The Morgan fingerprint density at radius 1 is 0.711 bits per heavy atom. The van der Waals surface area contributed by atoms with Crippen molar-refractivity contribution in [3.63, 3.8) is 0 Å². The summed E-state index contributed by atoms with van der Waals surface area (Å²) in [7, 11) is 0. The number of nitro groups is 2. The Labute approximate surface area is 213 Å². The molecule has 0 aliphatic rings. The molecule has 3 N–H and O–H groups in total. The van der Waals surface area contributed by atoms with Crippen LogP contribution in [0, 0.1) is 27.2 Å². The molecule has 13 heteroatoms. The monoisotopic (exact) mass is 524 g/mol. The molecule has 0 radical (unpaired) electrons. The average Bonchev–Trinajstić information content (AvgIpc) is 2.86. The summed E-state index contributed by atoms with van der Waals surface area (Å²) in [5, 5.41) is 32.2. The Kier molecular flexibility index (Phi) is 7.10. The zero-order chi connectivity index (χ0) is 27.4. The van der Waals surface area contributed by atoms with Gasteiger partial charge in [0.2, 0.25) is 0 Å². The van der Waals surface area contributed by atoms with Gasteiger partial charge in [0.1, 0.15) is 11.4 Å². The van der Waals surface area contributed by atoms with E-state index in [-0.39, 0.29) is 11.4 Å². The Hall–Kier alpha value is -5.20. The first-order valence-electron chi connectivity index (χ1n) is 11.0. The highest BCUT2D eigenvalue weighted by Crippen LogP contribution is 2.40. The van der Waals surface area contributed by atoms with Gasteiger partial charge in [0, 0.05) is 11.4 Å². The minimum atomic E-state index is -4.48. The minimum absolute atomic E-state index is 0.0121. The van der Waals surface area contributed by atoms with Gasteiger partial charge < -0.3 is 16.0 Å². The standard InChI is InChI=1S/C25H19F3N6O4/c1-15-6-9-18(14-29-15)31-21-12-22(24(34(37)38)13-23(21)33(35)36)32-20-5-3-2-4-19(20)30-17-10-7-16(8-11-17)25(26,27)28/h2-14,30-32H,1H3.